The summed E-state index contributed by atoms with van der Waals surface area (Å²) in [4.78, 5) is 5.50. The molecule has 4 nitrogen and oxygen atoms in total. The Kier molecular flexibility index (Phi) is 3.64. The molecule has 1 aromatic heterocycles. The summed E-state index contributed by atoms with van der Waals surface area (Å²) in [5, 5.41) is 8.28. The maximum atomic E-state index is 5.55. The van der Waals surface area contributed by atoms with Gasteiger partial charge in [-0.05, 0) is 25.0 Å². The van der Waals surface area contributed by atoms with Crippen molar-refractivity contribution in [2.75, 3.05) is 5.73 Å². The van der Waals surface area contributed by atoms with Crippen LogP contribution < -0.4 is 5.73 Å². The number of nitrogens with zero attached hydrogens (tertiary/aromatic N) is 3. The average molecular weight is 272 g/mol. The number of benzene rings is 1. The largest absolute Gasteiger partial charge is 0.366 e. The summed E-state index contributed by atoms with van der Waals surface area (Å²) in [6, 6.07) is 8.44. The Bertz CT molecular complexity index is 550. The van der Waals surface area contributed by atoms with Crippen LogP contribution in [0.25, 0.3) is 11.3 Å². The van der Waals surface area contributed by atoms with Crippen molar-refractivity contribution in [2.45, 2.75) is 35.8 Å². The van der Waals surface area contributed by atoms with Gasteiger partial charge in [0.1, 0.15) is 0 Å². The van der Waals surface area contributed by atoms with Gasteiger partial charge >= 0.3 is 0 Å². The van der Waals surface area contributed by atoms with E-state index in [1.54, 1.807) is 6.20 Å². The predicted molar refractivity (Wildman–Crippen MR) is 77.8 cm³/mol. The summed E-state index contributed by atoms with van der Waals surface area (Å²) in [5.74, 6) is 0.210. The number of nitrogen functional groups attached to an aromatic ring is 1. The van der Waals surface area contributed by atoms with Crippen molar-refractivity contribution in [1.82, 2.24) is 15.2 Å². The minimum atomic E-state index is 0.210. The summed E-state index contributed by atoms with van der Waals surface area (Å²) < 4.78 is 0. The number of anilines is 1. The highest BCUT2D eigenvalue weighted by Gasteiger charge is 2.15. The minimum absolute atomic E-state index is 0.210. The number of nitrogens with two attached hydrogens (primary N) is 1. The van der Waals surface area contributed by atoms with E-state index in [4.69, 9.17) is 5.73 Å². The summed E-state index contributed by atoms with van der Waals surface area (Å²) >= 11 is 1.99. The molecular weight excluding hydrogens is 256 g/mol. The Balaban J connectivity index is 1.74. The Hall–Kier alpha value is -1.62. The van der Waals surface area contributed by atoms with E-state index in [0.717, 1.165) is 16.5 Å². The van der Waals surface area contributed by atoms with Gasteiger partial charge in [0.05, 0.1) is 11.9 Å². The first kappa shape index (κ1) is 12.4. The fraction of sp³-hybridized carbons (Fsp3) is 0.357. The molecule has 1 aromatic carbocycles. The van der Waals surface area contributed by atoms with Gasteiger partial charge in [-0.2, -0.15) is 5.10 Å². The van der Waals surface area contributed by atoms with Gasteiger partial charge in [-0.25, -0.2) is 4.98 Å². The molecule has 0 aliphatic heterocycles. The van der Waals surface area contributed by atoms with Gasteiger partial charge in [0.2, 0.25) is 5.95 Å². The number of thioether (sulfide) groups is 1. The topological polar surface area (TPSA) is 64.7 Å². The van der Waals surface area contributed by atoms with Crippen LogP contribution in [-0.4, -0.2) is 20.4 Å². The van der Waals surface area contributed by atoms with Crippen LogP contribution in [0.5, 0.6) is 0 Å². The van der Waals surface area contributed by atoms with Crippen LogP contribution in [-0.2, 0) is 0 Å². The van der Waals surface area contributed by atoms with Gasteiger partial charge in [0, 0.05) is 15.7 Å². The van der Waals surface area contributed by atoms with Crippen LogP contribution in [0.15, 0.2) is 35.4 Å². The number of hydrogen-bond acceptors (Lipinski definition) is 5. The smallest absolute Gasteiger partial charge is 0.240 e. The lowest BCUT2D eigenvalue weighted by atomic mass is 10.2. The third-order valence-electron chi connectivity index (χ3n) is 3.33. The first-order valence-corrected chi connectivity index (χ1v) is 7.41. The Morgan fingerprint density at radius 1 is 1.11 bits per heavy atom. The van der Waals surface area contributed by atoms with Crippen molar-refractivity contribution < 1.29 is 0 Å². The van der Waals surface area contributed by atoms with Crippen LogP contribution in [0.4, 0.5) is 5.95 Å². The van der Waals surface area contributed by atoms with Crippen molar-refractivity contribution in [1.29, 1.82) is 0 Å². The quantitative estimate of drug-likeness (QED) is 0.929. The molecule has 0 radical (unpaired) electrons. The van der Waals surface area contributed by atoms with E-state index >= 15 is 0 Å². The molecule has 0 amide bonds. The zero-order valence-corrected chi connectivity index (χ0v) is 11.4. The fourth-order valence-corrected chi connectivity index (χ4v) is 3.61. The van der Waals surface area contributed by atoms with Crippen LogP contribution in [0.3, 0.4) is 0 Å². The standard InChI is InChI=1S/C14H16N4S/c15-14-17-13(9-16-18-14)10-5-7-12(8-6-10)19-11-3-1-2-4-11/h5-9,11H,1-4H2,(H2,15,17,18). The lowest BCUT2D eigenvalue weighted by Gasteiger charge is -2.09. The first-order chi connectivity index (χ1) is 9.31. The molecule has 2 aromatic rings. The Labute approximate surface area is 116 Å². The Morgan fingerprint density at radius 2 is 1.84 bits per heavy atom. The second kappa shape index (κ2) is 5.57. The molecule has 1 fully saturated rings. The SMILES string of the molecule is Nc1nncc(-c2ccc(SC3CCCC3)cc2)n1. The fourth-order valence-electron chi connectivity index (χ4n) is 2.36. The molecular formula is C14H16N4S. The molecule has 19 heavy (non-hydrogen) atoms. The molecule has 0 saturated heterocycles. The molecule has 2 N–H and O–H groups in total. The van der Waals surface area contributed by atoms with Crippen molar-refractivity contribution in [2.24, 2.45) is 0 Å². The monoisotopic (exact) mass is 272 g/mol. The third kappa shape index (κ3) is 3.04. The summed E-state index contributed by atoms with van der Waals surface area (Å²) in [5.41, 5.74) is 7.34. The van der Waals surface area contributed by atoms with Crippen LogP contribution >= 0.6 is 11.8 Å². The second-order valence-corrected chi connectivity index (χ2v) is 6.12. The van der Waals surface area contributed by atoms with E-state index in [2.05, 4.69) is 39.4 Å². The highest BCUT2D eigenvalue weighted by Crippen LogP contribution is 2.35. The normalized spacial score (nSPS) is 15.8. The van der Waals surface area contributed by atoms with Gasteiger partial charge in [-0.1, -0.05) is 25.0 Å². The molecule has 0 spiro atoms. The summed E-state index contributed by atoms with van der Waals surface area (Å²) in [6.45, 7) is 0. The number of aromatic nitrogens is 3. The van der Waals surface area contributed by atoms with Crippen LogP contribution in [0, 0.1) is 0 Å². The van der Waals surface area contributed by atoms with E-state index in [9.17, 15) is 0 Å². The van der Waals surface area contributed by atoms with E-state index in [1.165, 1.54) is 30.6 Å². The van der Waals surface area contributed by atoms with Gasteiger partial charge < -0.3 is 5.73 Å². The summed E-state index contributed by atoms with van der Waals surface area (Å²) in [6.07, 6.45) is 7.08. The highest BCUT2D eigenvalue weighted by atomic mass is 32.2. The van der Waals surface area contributed by atoms with Crippen molar-refractivity contribution in [3.8, 4) is 11.3 Å². The third-order valence-corrected chi connectivity index (χ3v) is 4.68. The zero-order valence-electron chi connectivity index (χ0n) is 10.6. The minimum Gasteiger partial charge on any atom is -0.366 e. The molecule has 0 unspecified atom stereocenters. The summed E-state index contributed by atoms with van der Waals surface area (Å²) in [7, 11) is 0. The highest BCUT2D eigenvalue weighted by molar-refractivity contribution is 8.00. The second-order valence-electron chi connectivity index (χ2n) is 4.75. The number of hydrogen-bond donors (Lipinski definition) is 1. The maximum Gasteiger partial charge on any atom is 0.240 e. The van der Waals surface area contributed by atoms with Crippen LogP contribution in [0.1, 0.15) is 25.7 Å². The molecule has 3 rings (SSSR count). The predicted octanol–water partition coefficient (Wildman–Crippen LogP) is 3.16. The van der Waals surface area contributed by atoms with E-state index < -0.39 is 0 Å². The Morgan fingerprint density at radius 3 is 2.53 bits per heavy atom. The molecule has 1 aliphatic carbocycles. The average Bonchev–Trinajstić information content (AvgIpc) is 2.92. The van der Waals surface area contributed by atoms with E-state index in [-0.39, 0.29) is 5.95 Å². The van der Waals surface area contributed by atoms with E-state index in [1.807, 2.05) is 11.8 Å². The molecule has 0 atom stereocenters. The molecule has 98 valence electrons. The van der Waals surface area contributed by atoms with Gasteiger partial charge in [-0.3, -0.25) is 0 Å². The van der Waals surface area contributed by atoms with Gasteiger partial charge in [0.15, 0.2) is 0 Å². The molecule has 1 aliphatic rings. The lowest BCUT2D eigenvalue weighted by molar-refractivity contribution is 0.886. The van der Waals surface area contributed by atoms with E-state index in [0.29, 0.717) is 0 Å². The lowest BCUT2D eigenvalue weighted by Crippen LogP contribution is -1.98. The zero-order chi connectivity index (χ0) is 13.1. The van der Waals surface area contributed by atoms with Gasteiger partial charge in [-0.15, -0.1) is 16.9 Å². The number of rotatable bonds is 3. The molecule has 1 saturated carbocycles. The van der Waals surface area contributed by atoms with Crippen LogP contribution in [0.2, 0.25) is 0 Å². The molecule has 5 heteroatoms. The molecule has 0 bridgehead atoms. The molecule has 1 heterocycles. The first-order valence-electron chi connectivity index (χ1n) is 6.53. The van der Waals surface area contributed by atoms with Gasteiger partial charge in [0.25, 0.3) is 0 Å². The van der Waals surface area contributed by atoms with Crippen molar-refractivity contribution in [3.63, 3.8) is 0 Å². The maximum absolute atomic E-state index is 5.55. The van der Waals surface area contributed by atoms with Crippen molar-refractivity contribution in [3.05, 3.63) is 30.5 Å². The van der Waals surface area contributed by atoms with Crippen molar-refractivity contribution >= 4 is 17.7 Å².